The predicted octanol–water partition coefficient (Wildman–Crippen LogP) is 1.21. The highest BCUT2D eigenvalue weighted by atomic mass is 16.1. The second kappa shape index (κ2) is 6.53. The Morgan fingerprint density at radius 2 is 1.94 bits per heavy atom. The third kappa shape index (κ3) is 3.95. The summed E-state index contributed by atoms with van der Waals surface area (Å²) >= 11 is 0. The van der Waals surface area contributed by atoms with Gasteiger partial charge in [0.05, 0.1) is 5.54 Å². The second-order valence-electron chi connectivity index (χ2n) is 6.09. The first-order valence-electron chi connectivity index (χ1n) is 7.16. The Morgan fingerprint density at radius 1 is 1.39 bits per heavy atom. The minimum absolute atomic E-state index is 0.240. The number of nitrogens with zero attached hydrogens (tertiary/aromatic N) is 1. The summed E-state index contributed by atoms with van der Waals surface area (Å²) in [5.41, 5.74) is 4.97. The summed E-state index contributed by atoms with van der Waals surface area (Å²) in [6.07, 6.45) is 1.81. The van der Waals surface area contributed by atoms with E-state index < -0.39 is 5.54 Å². The molecule has 0 aromatic heterocycles. The van der Waals surface area contributed by atoms with Crippen molar-refractivity contribution in [3.05, 3.63) is 0 Å². The first-order valence-corrected chi connectivity index (χ1v) is 7.16. The fourth-order valence-electron chi connectivity index (χ4n) is 2.51. The summed E-state index contributed by atoms with van der Waals surface area (Å²) in [7, 11) is 0. The van der Waals surface area contributed by atoms with Crippen molar-refractivity contribution in [1.29, 1.82) is 0 Å². The Kier molecular flexibility index (Phi) is 5.60. The maximum Gasteiger partial charge on any atom is 0.237 e. The molecule has 1 amide bonds. The summed E-state index contributed by atoms with van der Waals surface area (Å²) < 4.78 is 0. The molecule has 1 aliphatic heterocycles. The molecule has 3 atom stereocenters. The minimum atomic E-state index is -0.564. The van der Waals surface area contributed by atoms with Gasteiger partial charge in [0, 0.05) is 19.6 Å². The van der Waals surface area contributed by atoms with Crippen LogP contribution in [0.1, 0.15) is 40.5 Å². The molecule has 0 saturated carbocycles. The van der Waals surface area contributed by atoms with Crippen LogP contribution in [-0.2, 0) is 4.79 Å². The van der Waals surface area contributed by atoms with E-state index in [0.717, 1.165) is 50.9 Å². The van der Waals surface area contributed by atoms with Crippen molar-refractivity contribution in [3.8, 4) is 0 Å². The van der Waals surface area contributed by atoms with Gasteiger partial charge < -0.3 is 16.0 Å². The minimum Gasteiger partial charge on any atom is -0.368 e. The van der Waals surface area contributed by atoms with Crippen LogP contribution in [0.25, 0.3) is 0 Å². The number of amides is 1. The van der Waals surface area contributed by atoms with E-state index >= 15 is 0 Å². The molecule has 0 aliphatic carbocycles. The monoisotopic (exact) mass is 255 g/mol. The molecule has 18 heavy (non-hydrogen) atoms. The fraction of sp³-hybridized carbons (Fsp3) is 0.929. The van der Waals surface area contributed by atoms with Crippen LogP contribution in [0.15, 0.2) is 0 Å². The number of carbonyl (C=O) groups is 1. The van der Waals surface area contributed by atoms with Gasteiger partial charge in [0.2, 0.25) is 5.91 Å². The second-order valence-corrected chi connectivity index (χ2v) is 6.09. The molecule has 1 fully saturated rings. The lowest BCUT2D eigenvalue weighted by molar-refractivity contribution is -0.124. The molecule has 0 spiro atoms. The molecule has 1 saturated heterocycles. The highest BCUT2D eigenvalue weighted by Gasteiger charge is 2.32. The molecule has 1 rings (SSSR count). The molecular formula is C14H29N3O. The van der Waals surface area contributed by atoms with Crippen LogP contribution in [0, 0.1) is 11.8 Å². The summed E-state index contributed by atoms with van der Waals surface area (Å²) in [6.45, 7) is 12.7. The van der Waals surface area contributed by atoms with Gasteiger partial charge in [-0.25, -0.2) is 0 Å². The lowest BCUT2D eigenvalue weighted by atomic mass is 9.96. The van der Waals surface area contributed by atoms with Crippen molar-refractivity contribution in [3.63, 3.8) is 0 Å². The fourth-order valence-corrected chi connectivity index (χ4v) is 2.51. The number of primary amides is 1. The Bertz CT molecular complexity index is 272. The van der Waals surface area contributed by atoms with Crippen molar-refractivity contribution >= 4 is 5.91 Å². The van der Waals surface area contributed by atoms with Gasteiger partial charge in [0.15, 0.2) is 0 Å². The number of rotatable bonds is 7. The molecular weight excluding hydrogens is 226 g/mol. The zero-order chi connectivity index (χ0) is 13.8. The standard InChI is InChI=1S/C14H29N3O/c1-5-7-16-14(4,13(15)18)6-8-17-9-11(2)12(3)10-17/h11-12,16H,5-10H2,1-4H3,(H2,15,18). The predicted molar refractivity (Wildman–Crippen MR) is 75.3 cm³/mol. The van der Waals surface area contributed by atoms with E-state index in [1.165, 1.54) is 0 Å². The first kappa shape index (κ1) is 15.4. The van der Waals surface area contributed by atoms with E-state index in [4.69, 9.17) is 5.73 Å². The highest BCUT2D eigenvalue weighted by Crippen LogP contribution is 2.23. The molecule has 3 unspecified atom stereocenters. The number of carbonyl (C=O) groups excluding carboxylic acids is 1. The van der Waals surface area contributed by atoms with Gasteiger partial charge in [-0.05, 0) is 38.1 Å². The van der Waals surface area contributed by atoms with Crippen molar-refractivity contribution in [2.24, 2.45) is 17.6 Å². The molecule has 1 heterocycles. The molecule has 0 radical (unpaired) electrons. The van der Waals surface area contributed by atoms with Gasteiger partial charge in [-0.2, -0.15) is 0 Å². The van der Waals surface area contributed by atoms with Crippen LogP contribution in [-0.4, -0.2) is 42.5 Å². The molecule has 3 N–H and O–H groups in total. The summed E-state index contributed by atoms with van der Waals surface area (Å²) in [5.74, 6) is 1.28. The van der Waals surface area contributed by atoms with E-state index in [9.17, 15) is 4.79 Å². The Morgan fingerprint density at radius 3 is 2.39 bits per heavy atom. The lowest BCUT2D eigenvalue weighted by Gasteiger charge is -2.29. The van der Waals surface area contributed by atoms with E-state index in [1.54, 1.807) is 0 Å². The number of nitrogens with one attached hydrogen (secondary N) is 1. The van der Waals surface area contributed by atoms with Crippen molar-refractivity contribution < 1.29 is 4.79 Å². The van der Waals surface area contributed by atoms with Crippen LogP contribution in [0.2, 0.25) is 0 Å². The number of hydrogen-bond acceptors (Lipinski definition) is 3. The van der Waals surface area contributed by atoms with Crippen LogP contribution >= 0.6 is 0 Å². The van der Waals surface area contributed by atoms with Crippen molar-refractivity contribution in [1.82, 2.24) is 10.2 Å². The van der Waals surface area contributed by atoms with E-state index in [1.807, 2.05) is 6.92 Å². The third-order valence-electron chi connectivity index (χ3n) is 4.30. The highest BCUT2D eigenvalue weighted by molar-refractivity contribution is 5.84. The van der Waals surface area contributed by atoms with Crippen LogP contribution in [0.3, 0.4) is 0 Å². The normalized spacial score (nSPS) is 28.2. The molecule has 0 aromatic rings. The maximum absolute atomic E-state index is 11.6. The number of hydrogen-bond donors (Lipinski definition) is 2. The Labute approximate surface area is 111 Å². The molecule has 4 heteroatoms. The topological polar surface area (TPSA) is 58.4 Å². The van der Waals surface area contributed by atoms with Gasteiger partial charge in [0.25, 0.3) is 0 Å². The van der Waals surface area contributed by atoms with Crippen molar-refractivity contribution in [2.75, 3.05) is 26.2 Å². The van der Waals surface area contributed by atoms with Gasteiger partial charge in [0.1, 0.15) is 0 Å². The van der Waals surface area contributed by atoms with Gasteiger partial charge in [-0.15, -0.1) is 0 Å². The zero-order valence-electron chi connectivity index (χ0n) is 12.3. The third-order valence-corrected chi connectivity index (χ3v) is 4.30. The average Bonchev–Trinajstić information content (AvgIpc) is 2.63. The largest absolute Gasteiger partial charge is 0.368 e. The maximum atomic E-state index is 11.6. The Balaban J connectivity index is 2.45. The van der Waals surface area contributed by atoms with Crippen molar-refractivity contribution in [2.45, 2.75) is 46.1 Å². The summed E-state index contributed by atoms with van der Waals surface area (Å²) in [5, 5.41) is 3.29. The Hall–Kier alpha value is -0.610. The first-order chi connectivity index (χ1) is 8.39. The average molecular weight is 255 g/mol. The molecule has 106 valence electrons. The van der Waals surface area contributed by atoms with Gasteiger partial charge in [-0.1, -0.05) is 20.8 Å². The molecule has 1 aliphatic rings. The SMILES string of the molecule is CCCNC(C)(CCN1CC(C)C(C)C1)C(N)=O. The van der Waals surface area contributed by atoms with Gasteiger partial charge >= 0.3 is 0 Å². The number of likely N-dealkylation sites (tertiary alicyclic amines) is 1. The van der Waals surface area contributed by atoms with Crippen LogP contribution in [0.4, 0.5) is 0 Å². The molecule has 0 bridgehead atoms. The smallest absolute Gasteiger partial charge is 0.237 e. The zero-order valence-corrected chi connectivity index (χ0v) is 12.3. The van der Waals surface area contributed by atoms with E-state index in [-0.39, 0.29) is 5.91 Å². The molecule has 0 aromatic carbocycles. The quantitative estimate of drug-likeness (QED) is 0.719. The van der Waals surface area contributed by atoms with E-state index in [2.05, 4.69) is 31.0 Å². The summed E-state index contributed by atoms with van der Waals surface area (Å²) in [6, 6.07) is 0. The summed E-state index contributed by atoms with van der Waals surface area (Å²) in [4.78, 5) is 14.1. The van der Waals surface area contributed by atoms with E-state index in [0.29, 0.717) is 0 Å². The molecule has 4 nitrogen and oxygen atoms in total. The lowest BCUT2D eigenvalue weighted by Crippen LogP contribution is -2.54. The van der Waals surface area contributed by atoms with Gasteiger partial charge in [-0.3, -0.25) is 4.79 Å². The van der Waals surface area contributed by atoms with Crippen LogP contribution < -0.4 is 11.1 Å². The van der Waals surface area contributed by atoms with Crippen LogP contribution in [0.5, 0.6) is 0 Å². The number of nitrogens with two attached hydrogens (primary N) is 1.